The summed E-state index contributed by atoms with van der Waals surface area (Å²) in [5.74, 6) is 0. The summed E-state index contributed by atoms with van der Waals surface area (Å²) in [7, 11) is 0. The minimum Gasteiger partial charge on any atom is -0.299 e. The number of carbonyl (C=O) groups excluding carboxylic acids is 1. The maximum atomic E-state index is 9.94. The molecule has 0 atom stereocenters. The van der Waals surface area contributed by atoms with Gasteiger partial charge < -0.3 is 0 Å². The van der Waals surface area contributed by atoms with Crippen LogP contribution in [0.3, 0.4) is 0 Å². The van der Waals surface area contributed by atoms with Gasteiger partial charge in [-0.2, -0.15) is 0 Å². The van der Waals surface area contributed by atoms with Crippen molar-refractivity contribution in [2.24, 2.45) is 0 Å². The van der Waals surface area contributed by atoms with E-state index in [4.69, 9.17) is 0 Å². The number of aldehydes is 1. The van der Waals surface area contributed by atoms with E-state index in [-0.39, 0.29) is 0 Å². The van der Waals surface area contributed by atoms with Gasteiger partial charge in [0, 0.05) is 0 Å². The molecular formula is C14H22O. The Morgan fingerprint density at radius 3 is 2.13 bits per heavy atom. The Labute approximate surface area is 93.6 Å². The van der Waals surface area contributed by atoms with Crippen molar-refractivity contribution >= 4 is 6.29 Å². The lowest BCUT2D eigenvalue weighted by Gasteiger charge is -1.97. The molecule has 0 N–H and O–H groups in total. The Morgan fingerprint density at radius 1 is 0.800 bits per heavy atom. The van der Waals surface area contributed by atoms with Crippen molar-refractivity contribution in [3.05, 3.63) is 37.0 Å². The molecule has 0 aliphatic carbocycles. The van der Waals surface area contributed by atoms with E-state index in [0.717, 1.165) is 19.1 Å². The summed E-state index contributed by atoms with van der Waals surface area (Å²) in [5, 5.41) is 0. The molecule has 1 heteroatoms. The van der Waals surface area contributed by atoms with Gasteiger partial charge in [-0.15, -0.1) is 6.58 Å². The lowest BCUT2D eigenvalue weighted by molar-refractivity contribution is -0.104. The monoisotopic (exact) mass is 206 g/mol. The molecule has 0 spiro atoms. The Hall–Kier alpha value is -1.11. The lowest BCUT2D eigenvalue weighted by atomic mass is 10.1. The van der Waals surface area contributed by atoms with Crippen LogP contribution in [0.5, 0.6) is 0 Å². The fraction of sp³-hybridized carbons (Fsp3) is 0.500. The predicted molar refractivity (Wildman–Crippen MR) is 66.9 cm³/mol. The van der Waals surface area contributed by atoms with Crippen molar-refractivity contribution in [2.45, 2.75) is 44.9 Å². The standard InChI is InChI=1S/C14H22O/c1-2-3-4-5-6-7-8-9-10-11-12-13-14-15/h2,10-14H,1,3-9H2. The van der Waals surface area contributed by atoms with Gasteiger partial charge in [0.1, 0.15) is 6.29 Å². The Balaban J connectivity index is 3.10. The van der Waals surface area contributed by atoms with Gasteiger partial charge >= 0.3 is 0 Å². The van der Waals surface area contributed by atoms with E-state index in [2.05, 4.69) is 12.7 Å². The Bertz CT molecular complexity index is 201. The van der Waals surface area contributed by atoms with Crippen LogP contribution in [0.2, 0.25) is 0 Å². The summed E-state index contributed by atoms with van der Waals surface area (Å²) < 4.78 is 0. The van der Waals surface area contributed by atoms with Crippen LogP contribution in [0.4, 0.5) is 0 Å². The molecule has 15 heavy (non-hydrogen) atoms. The van der Waals surface area contributed by atoms with E-state index in [9.17, 15) is 4.79 Å². The normalized spacial score (nSPS) is 11.2. The fourth-order valence-corrected chi connectivity index (χ4v) is 1.37. The molecule has 1 nitrogen and oxygen atoms in total. The van der Waals surface area contributed by atoms with Crippen LogP contribution in [0.15, 0.2) is 37.0 Å². The van der Waals surface area contributed by atoms with Gasteiger partial charge in [0.2, 0.25) is 0 Å². The van der Waals surface area contributed by atoms with Gasteiger partial charge in [-0.3, -0.25) is 4.79 Å². The fourth-order valence-electron chi connectivity index (χ4n) is 1.37. The molecule has 0 unspecified atom stereocenters. The molecule has 0 saturated carbocycles. The SMILES string of the molecule is C=CCCCCCCCC=CC=CC=O. The Kier molecular flexibility index (Phi) is 11.9. The lowest BCUT2D eigenvalue weighted by Crippen LogP contribution is -1.77. The summed E-state index contributed by atoms with van der Waals surface area (Å²) in [5.41, 5.74) is 0. The zero-order valence-electron chi connectivity index (χ0n) is 9.53. The first kappa shape index (κ1) is 13.9. The average molecular weight is 206 g/mol. The summed E-state index contributed by atoms with van der Waals surface area (Å²) in [6.07, 6.45) is 18.9. The quantitative estimate of drug-likeness (QED) is 0.172. The number of unbranched alkanes of at least 4 members (excludes halogenated alkanes) is 6. The molecular weight excluding hydrogens is 184 g/mol. The minimum atomic E-state index is 0.796. The molecule has 0 radical (unpaired) electrons. The highest BCUT2D eigenvalue weighted by Crippen LogP contribution is 2.07. The third-order valence-electron chi connectivity index (χ3n) is 2.22. The van der Waals surface area contributed by atoms with Gasteiger partial charge in [-0.1, -0.05) is 43.6 Å². The van der Waals surface area contributed by atoms with Gasteiger partial charge in [0.15, 0.2) is 0 Å². The molecule has 0 aliphatic heterocycles. The molecule has 84 valence electrons. The topological polar surface area (TPSA) is 17.1 Å². The number of hydrogen-bond acceptors (Lipinski definition) is 1. The number of rotatable bonds is 10. The highest BCUT2D eigenvalue weighted by atomic mass is 16.1. The molecule has 0 fully saturated rings. The highest BCUT2D eigenvalue weighted by molar-refractivity contribution is 5.65. The van der Waals surface area contributed by atoms with Crippen molar-refractivity contribution in [3.63, 3.8) is 0 Å². The second-order valence-corrected chi connectivity index (χ2v) is 3.58. The molecule has 0 aromatic heterocycles. The molecule has 0 rings (SSSR count). The average Bonchev–Trinajstić information content (AvgIpc) is 2.26. The van der Waals surface area contributed by atoms with E-state index in [0.29, 0.717) is 0 Å². The van der Waals surface area contributed by atoms with E-state index in [1.165, 1.54) is 38.2 Å². The molecule has 0 bridgehead atoms. The van der Waals surface area contributed by atoms with Crippen LogP contribution in [-0.4, -0.2) is 6.29 Å². The smallest absolute Gasteiger partial charge is 0.142 e. The van der Waals surface area contributed by atoms with Crippen LogP contribution >= 0.6 is 0 Å². The number of hydrogen-bond donors (Lipinski definition) is 0. The second kappa shape index (κ2) is 12.9. The second-order valence-electron chi connectivity index (χ2n) is 3.58. The van der Waals surface area contributed by atoms with Gasteiger partial charge in [-0.05, 0) is 31.8 Å². The van der Waals surface area contributed by atoms with Crippen LogP contribution in [-0.2, 0) is 4.79 Å². The molecule has 0 aromatic rings. The first-order valence-electron chi connectivity index (χ1n) is 5.79. The van der Waals surface area contributed by atoms with E-state index in [1.54, 1.807) is 6.08 Å². The van der Waals surface area contributed by atoms with Crippen LogP contribution in [0.25, 0.3) is 0 Å². The van der Waals surface area contributed by atoms with Crippen molar-refractivity contribution in [3.8, 4) is 0 Å². The van der Waals surface area contributed by atoms with Gasteiger partial charge in [0.05, 0.1) is 0 Å². The van der Waals surface area contributed by atoms with Crippen molar-refractivity contribution in [1.29, 1.82) is 0 Å². The zero-order chi connectivity index (χ0) is 11.2. The van der Waals surface area contributed by atoms with E-state index in [1.807, 2.05) is 12.2 Å². The van der Waals surface area contributed by atoms with Crippen LogP contribution in [0, 0.1) is 0 Å². The van der Waals surface area contributed by atoms with Crippen LogP contribution < -0.4 is 0 Å². The zero-order valence-corrected chi connectivity index (χ0v) is 9.53. The highest BCUT2D eigenvalue weighted by Gasteiger charge is 1.87. The van der Waals surface area contributed by atoms with Crippen molar-refractivity contribution in [2.75, 3.05) is 0 Å². The maximum absolute atomic E-state index is 9.94. The number of carbonyl (C=O) groups is 1. The summed E-state index contributed by atoms with van der Waals surface area (Å²) in [6, 6.07) is 0. The largest absolute Gasteiger partial charge is 0.299 e. The Morgan fingerprint density at radius 2 is 1.47 bits per heavy atom. The summed E-state index contributed by atoms with van der Waals surface area (Å²) in [4.78, 5) is 9.94. The molecule has 0 saturated heterocycles. The molecule has 0 aromatic carbocycles. The summed E-state index contributed by atoms with van der Waals surface area (Å²) in [6.45, 7) is 3.70. The van der Waals surface area contributed by atoms with E-state index < -0.39 is 0 Å². The van der Waals surface area contributed by atoms with Gasteiger partial charge in [0.25, 0.3) is 0 Å². The number of allylic oxidation sites excluding steroid dienone is 5. The first-order valence-corrected chi connectivity index (χ1v) is 5.79. The minimum absolute atomic E-state index is 0.796. The molecule has 0 heterocycles. The first-order chi connectivity index (χ1) is 7.41. The third kappa shape index (κ3) is 12.9. The molecule has 0 aliphatic rings. The maximum Gasteiger partial charge on any atom is 0.142 e. The van der Waals surface area contributed by atoms with Gasteiger partial charge in [-0.25, -0.2) is 0 Å². The summed E-state index contributed by atoms with van der Waals surface area (Å²) >= 11 is 0. The van der Waals surface area contributed by atoms with E-state index >= 15 is 0 Å². The van der Waals surface area contributed by atoms with Crippen molar-refractivity contribution in [1.82, 2.24) is 0 Å². The predicted octanol–water partition coefficient (Wildman–Crippen LogP) is 4.21. The van der Waals surface area contributed by atoms with Crippen molar-refractivity contribution < 1.29 is 4.79 Å². The van der Waals surface area contributed by atoms with Crippen LogP contribution in [0.1, 0.15) is 44.9 Å². The third-order valence-corrected chi connectivity index (χ3v) is 2.22. The molecule has 0 amide bonds.